The Morgan fingerprint density at radius 2 is 1.34 bits per heavy atom. The lowest BCUT2D eigenvalue weighted by Crippen LogP contribution is -2.27. The van der Waals surface area contributed by atoms with E-state index >= 15 is 0 Å². The van der Waals surface area contributed by atoms with Gasteiger partial charge in [-0.2, -0.15) is 5.26 Å². The standard InChI is InChI=1S/C33H25N3OS/c1-24-17-19-26(20-18-24)31-21-29(25-11-5-2-6-12-25)30(22-34)33(35-31)38-23-32(37)36(27-13-7-3-8-14-27)28-15-9-4-10-16-28/h2-21H,23H2,1H3. The van der Waals surface area contributed by atoms with Gasteiger partial charge in [0.1, 0.15) is 11.1 Å². The van der Waals surface area contributed by atoms with E-state index in [1.165, 1.54) is 11.8 Å². The molecule has 184 valence electrons. The van der Waals surface area contributed by atoms with Gasteiger partial charge in [-0.3, -0.25) is 9.69 Å². The molecular formula is C33H25N3OS. The van der Waals surface area contributed by atoms with Crippen LogP contribution in [0.4, 0.5) is 11.4 Å². The van der Waals surface area contributed by atoms with Gasteiger partial charge in [0.15, 0.2) is 0 Å². The third-order valence-corrected chi connectivity index (χ3v) is 7.10. The van der Waals surface area contributed by atoms with Crippen molar-refractivity contribution in [2.24, 2.45) is 0 Å². The smallest absolute Gasteiger partial charge is 0.241 e. The Balaban J connectivity index is 1.54. The minimum absolute atomic E-state index is 0.0971. The monoisotopic (exact) mass is 511 g/mol. The number of amides is 1. The van der Waals surface area contributed by atoms with Gasteiger partial charge >= 0.3 is 0 Å². The number of nitriles is 1. The maximum absolute atomic E-state index is 13.7. The minimum atomic E-state index is -0.0971. The minimum Gasteiger partial charge on any atom is -0.280 e. The zero-order valence-corrected chi connectivity index (χ0v) is 21.7. The number of aromatic nitrogens is 1. The van der Waals surface area contributed by atoms with Gasteiger partial charge < -0.3 is 0 Å². The van der Waals surface area contributed by atoms with Crippen molar-refractivity contribution in [2.45, 2.75) is 11.9 Å². The number of nitrogens with zero attached hydrogens (tertiary/aromatic N) is 3. The van der Waals surface area contributed by atoms with Crippen LogP contribution in [0.3, 0.4) is 0 Å². The van der Waals surface area contributed by atoms with Crippen molar-refractivity contribution in [1.82, 2.24) is 4.98 Å². The highest BCUT2D eigenvalue weighted by Gasteiger charge is 2.21. The molecule has 4 aromatic carbocycles. The summed E-state index contributed by atoms with van der Waals surface area (Å²) in [5.74, 6) is 0.0249. The zero-order valence-electron chi connectivity index (χ0n) is 20.9. The molecule has 4 nitrogen and oxygen atoms in total. The second kappa shape index (κ2) is 11.6. The third-order valence-electron chi connectivity index (χ3n) is 6.14. The Kier molecular flexibility index (Phi) is 7.63. The molecule has 0 spiro atoms. The molecule has 0 unspecified atom stereocenters. The molecule has 1 heterocycles. The summed E-state index contributed by atoms with van der Waals surface area (Å²) in [6.45, 7) is 2.05. The number of hydrogen-bond acceptors (Lipinski definition) is 4. The Labute approximate surface area is 227 Å². The summed E-state index contributed by atoms with van der Waals surface area (Å²) in [5, 5.41) is 10.7. The van der Waals surface area contributed by atoms with Crippen LogP contribution in [0.1, 0.15) is 11.1 Å². The fourth-order valence-corrected chi connectivity index (χ4v) is 5.09. The lowest BCUT2D eigenvalue weighted by atomic mass is 9.99. The third kappa shape index (κ3) is 5.51. The van der Waals surface area contributed by atoms with Crippen LogP contribution in [0.5, 0.6) is 0 Å². The number of aryl methyl sites for hydroxylation is 1. The fourth-order valence-electron chi connectivity index (χ4n) is 4.24. The first kappa shape index (κ1) is 25.0. The summed E-state index contributed by atoms with van der Waals surface area (Å²) in [6, 6.07) is 41.5. The number of thioether (sulfide) groups is 1. The molecule has 0 atom stereocenters. The summed E-state index contributed by atoms with van der Waals surface area (Å²) in [4.78, 5) is 20.2. The zero-order chi connectivity index (χ0) is 26.3. The van der Waals surface area contributed by atoms with E-state index in [9.17, 15) is 10.1 Å². The van der Waals surface area contributed by atoms with Gasteiger partial charge in [-0.1, -0.05) is 108 Å². The molecule has 1 amide bonds. The van der Waals surface area contributed by atoms with Crippen LogP contribution in [-0.2, 0) is 4.79 Å². The number of anilines is 2. The van der Waals surface area contributed by atoms with E-state index in [0.29, 0.717) is 10.6 Å². The molecule has 0 saturated carbocycles. The molecule has 1 aromatic heterocycles. The molecule has 38 heavy (non-hydrogen) atoms. The van der Waals surface area contributed by atoms with Crippen molar-refractivity contribution >= 4 is 29.0 Å². The maximum Gasteiger partial charge on any atom is 0.241 e. The second-order valence-corrected chi connectivity index (χ2v) is 9.73. The van der Waals surface area contributed by atoms with E-state index in [4.69, 9.17) is 4.98 Å². The summed E-state index contributed by atoms with van der Waals surface area (Å²) >= 11 is 1.29. The van der Waals surface area contributed by atoms with Gasteiger partial charge in [-0.15, -0.1) is 0 Å². The quantitative estimate of drug-likeness (QED) is 0.207. The average molecular weight is 512 g/mol. The predicted molar refractivity (Wildman–Crippen MR) is 155 cm³/mol. The van der Waals surface area contributed by atoms with Gasteiger partial charge in [0.05, 0.1) is 17.0 Å². The Bertz CT molecular complexity index is 1540. The Hall–Kier alpha value is -4.66. The fraction of sp³-hybridized carbons (Fsp3) is 0.0606. The van der Waals surface area contributed by atoms with Crippen LogP contribution in [0.25, 0.3) is 22.4 Å². The topological polar surface area (TPSA) is 57.0 Å². The van der Waals surface area contributed by atoms with Crippen LogP contribution in [-0.4, -0.2) is 16.6 Å². The lowest BCUT2D eigenvalue weighted by Gasteiger charge is -2.23. The Morgan fingerprint density at radius 1 is 0.789 bits per heavy atom. The normalized spacial score (nSPS) is 10.5. The van der Waals surface area contributed by atoms with Gasteiger partial charge in [0, 0.05) is 22.5 Å². The summed E-state index contributed by atoms with van der Waals surface area (Å²) in [6.07, 6.45) is 0. The Morgan fingerprint density at radius 3 is 1.89 bits per heavy atom. The highest BCUT2D eigenvalue weighted by molar-refractivity contribution is 8.00. The SMILES string of the molecule is Cc1ccc(-c2cc(-c3ccccc3)c(C#N)c(SCC(=O)N(c3ccccc3)c3ccccc3)n2)cc1. The predicted octanol–water partition coefficient (Wildman–Crippen LogP) is 8.05. The molecule has 5 aromatic rings. The number of benzene rings is 4. The van der Waals surface area contributed by atoms with E-state index in [0.717, 1.165) is 39.3 Å². The van der Waals surface area contributed by atoms with Crippen molar-refractivity contribution in [3.8, 4) is 28.5 Å². The molecule has 0 radical (unpaired) electrons. The molecule has 0 aliphatic rings. The molecular weight excluding hydrogens is 486 g/mol. The lowest BCUT2D eigenvalue weighted by molar-refractivity contribution is -0.115. The largest absolute Gasteiger partial charge is 0.280 e. The molecule has 0 aliphatic carbocycles. The van der Waals surface area contributed by atoms with Gasteiger partial charge in [0.25, 0.3) is 0 Å². The van der Waals surface area contributed by atoms with Crippen molar-refractivity contribution in [1.29, 1.82) is 5.26 Å². The summed E-state index contributed by atoms with van der Waals surface area (Å²) in [5.41, 5.74) is 6.66. The number of pyridine rings is 1. The summed E-state index contributed by atoms with van der Waals surface area (Å²) in [7, 11) is 0. The van der Waals surface area contributed by atoms with E-state index < -0.39 is 0 Å². The van der Waals surface area contributed by atoms with Crippen LogP contribution < -0.4 is 4.90 Å². The molecule has 0 bridgehead atoms. The van der Waals surface area contributed by atoms with Crippen molar-refractivity contribution in [3.63, 3.8) is 0 Å². The van der Waals surface area contributed by atoms with Crippen molar-refractivity contribution in [2.75, 3.05) is 10.7 Å². The first-order valence-electron chi connectivity index (χ1n) is 12.3. The van der Waals surface area contributed by atoms with Crippen LogP contribution in [0.2, 0.25) is 0 Å². The number of hydrogen-bond donors (Lipinski definition) is 0. The summed E-state index contributed by atoms with van der Waals surface area (Å²) < 4.78 is 0. The molecule has 5 heteroatoms. The average Bonchev–Trinajstić information content (AvgIpc) is 2.97. The van der Waals surface area contributed by atoms with Gasteiger partial charge in [-0.25, -0.2) is 4.98 Å². The number of para-hydroxylation sites is 2. The van der Waals surface area contributed by atoms with E-state index in [2.05, 4.69) is 6.07 Å². The van der Waals surface area contributed by atoms with Crippen LogP contribution in [0, 0.1) is 18.3 Å². The molecule has 5 rings (SSSR count). The molecule has 0 N–H and O–H groups in total. The van der Waals surface area contributed by atoms with Crippen LogP contribution in [0.15, 0.2) is 126 Å². The number of carbonyl (C=O) groups is 1. The number of rotatable bonds is 7. The molecule has 0 fully saturated rings. The van der Waals surface area contributed by atoms with Crippen LogP contribution >= 0.6 is 11.8 Å². The van der Waals surface area contributed by atoms with E-state index in [-0.39, 0.29) is 11.7 Å². The van der Waals surface area contributed by atoms with Gasteiger partial charge in [-0.05, 0) is 42.8 Å². The van der Waals surface area contributed by atoms with Crippen molar-refractivity contribution < 1.29 is 4.79 Å². The second-order valence-electron chi connectivity index (χ2n) is 8.77. The first-order chi connectivity index (χ1) is 18.6. The molecule has 0 saturated heterocycles. The van der Waals surface area contributed by atoms with Crippen molar-refractivity contribution in [3.05, 3.63) is 132 Å². The maximum atomic E-state index is 13.7. The molecule has 0 aliphatic heterocycles. The van der Waals surface area contributed by atoms with E-state index in [1.807, 2.05) is 128 Å². The highest BCUT2D eigenvalue weighted by atomic mass is 32.2. The highest BCUT2D eigenvalue weighted by Crippen LogP contribution is 2.35. The van der Waals surface area contributed by atoms with Gasteiger partial charge in [0.2, 0.25) is 5.91 Å². The first-order valence-corrected chi connectivity index (χ1v) is 13.3. The number of carbonyl (C=O) groups excluding carboxylic acids is 1. The van der Waals surface area contributed by atoms with E-state index in [1.54, 1.807) is 4.90 Å².